The molecule has 0 aliphatic carbocycles. The number of hydrogen-bond acceptors (Lipinski definition) is 3. The number of rotatable bonds is 8. The van der Waals surface area contributed by atoms with E-state index in [0.29, 0.717) is 23.7 Å². The lowest BCUT2D eigenvalue weighted by Gasteiger charge is -2.13. The lowest BCUT2D eigenvalue weighted by Crippen LogP contribution is -2.25. The summed E-state index contributed by atoms with van der Waals surface area (Å²) >= 11 is 5.89. The van der Waals surface area contributed by atoms with Crippen molar-refractivity contribution in [1.29, 1.82) is 0 Å². The summed E-state index contributed by atoms with van der Waals surface area (Å²) in [6.45, 7) is 1.25. The van der Waals surface area contributed by atoms with E-state index in [1.165, 1.54) is 0 Å². The second kappa shape index (κ2) is 9.67. The molecule has 5 nitrogen and oxygen atoms in total. The molecule has 0 atom stereocenters. The molecule has 0 saturated heterocycles. The van der Waals surface area contributed by atoms with Crippen molar-refractivity contribution in [2.45, 2.75) is 19.4 Å². The van der Waals surface area contributed by atoms with Gasteiger partial charge in [0.25, 0.3) is 5.91 Å². The number of aryl methyl sites for hydroxylation is 1. The molecule has 1 N–H and O–H groups in total. The van der Waals surface area contributed by atoms with Gasteiger partial charge in [0.05, 0.1) is 24.7 Å². The summed E-state index contributed by atoms with van der Waals surface area (Å²) in [5, 5.41) is 3.59. The van der Waals surface area contributed by atoms with Gasteiger partial charge in [0.1, 0.15) is 11.6 Å². The Balaban J connectivity index is 1.46. The first-order valence-corrected chi connectivity index (χ1v) is 10.6. The van der Waals surface area contributed by atoms with Crippen molar-refractivity contribution in [3.05, 3.63) is 94.8 Å². The zero-order valence-corrected chi connectivity index (χ0v) is 18.1. The van der Waals surface area contributed by atoms with Crippen molar-refractivity contribution >= 4 is 28.5 Å². The number of ether oxygens (including phenoxy) is 1. The Morgan fingerprint density at radius 3 is 2.58 bits per heavy atom. The van der Waals surface area contributed by atoms with Crippen LogP contribution in [0, 0.1) is 0 Å². The summed E-state index contributed by atoms with van der Waals surface area (Å²) in [7, 11) is 1.69. The van der Waals surface area contributed by atoms with Gasteiger partial charge in [0.2, 0.25) is 0 Å². The van der Waals surface area contributed by atoms with Crippen molar-refractivity contribution in [2.75, 3.05) is 13.7 Å². The Morgan fingerprint density at radius 2 is 1.77 bits per heavy atom. The van der Waals surface area contributed by atoms with Gasteiger partial charge in [-0.15, -0.1) is 0 Å². The van der Waals surface area contributed by atoms with E-state index in [4.69, 9.17) is 21.3 Å². The Bertz CT molecular complexity index is 1190. The molecule has 0 fully saturated rings. The fourth-order valence-electron chi connectivity index (χ4n) is 3.65. The van der Waals surface area contributed by atoms with E-state index in [0.717, 1.165) is 41.0 Å². The van der Waals surface area contributed by atoms with Gasteiger partial charge in [-0.3, -0.25) is 4.79 Å². The van der Waals surface area contributed by atoms with Crippen LogP contribution in [0.3, 0.4) is 0 Å². The summed E-state index contributed by atoms with van der Waals surface area (Å²) in [6.07, 6.45) is 1.54. The minimum atomic E-state index is -0.0980. The normalized spacial score (nSPS) is 10.9. The highest BCUT2D eigenvalue weighted by atomic mass is 35.5. The number of carbonyl (C=O) groups is 1. The SMILES string of the molecule is COc1ccccc1Cn1c(CCCNC(=O)c2ccc(Cl)cc2)nc2ccccc21. The van der Waals surface area contributed by atoms with E-state index >= 15 is 0 Å². The van der Waals surface area contributed by atoms with Gasteiger partial charge in [-0.25, -0.2) is 4.98 Å². The van der Waals surface area contributed by atoms with E-state index < -0.39 is 0 Å². The van der Waals surface area contributed by atoms with Crippen LogP contribution in [0.5, 0.6) is 5.75 Å². The van der Waals surface area contributed by atoms with Crippen molar-refractivity contribution in [2.24, 2.45) is 0 Å². The number of benzene rings is 3. The van der Waals surface area contributed by atoms with E-state index in [1.54, 1.807) is 31.4 Å². The molecule has 3 aromatic carbocycles. The number of imidazole rings is 1. The van der Waals surface area contributed by atoms with E-state index in [1.807, 2.05) is 36.4 Å². The first kappa shape index (κ1) is 20.9. The molecule has 1 heterocycles. The van der Waals surface area contributed by atoms with Crippen molar-refractivity contribution in [1.82, 2.24) is 14.9 Å². The van der Waals surface area contributed by atoms with Gasteiger partial charge in [-0.05, 0) is 48.9 Å². The number of carbonyl (C=O) groups excluding carboxylic acids is 1. The third-order valence-electron chi connectivity index (χ3n) is 5.22. The number of fused-ring (bicyclic) bond motifs is 1. The average molecular weight is 434 g/mol. The maximum Gasteiger partial charge on any atom is 0.251 e. The fourth-order valence-corrected chi connectivity index (χ4v) is 3.77. The van der Waals surface area contributed by atoms with Crippen LogP contribution < -0.4 is 10.1 Å². The molecule has 0 unspecified atom stereocenters. The zero-order valence-electron chi connectivity index (χ0n) is 17.3. The number of para-hydroxylation sites is 3. The van der Waals surface area contributed by atoms with Crippen LogP contribution in [0.4, 0.5) is 0 Å². The number of amides is 1. The Morgan fingerprint density at radius 1 is 1.03 bits per heavy atom. The second-order valence-electron chi connectivity index (χ2n) is 7.28. The maximum atomic E-state index is 12.3. The quantitative estimate of drug-likeness (QED) is 0.393. The summed E-state index contributed by atoms with van der Waals surface area (Å²) in [4.78, 5) is 17.1. The van der Waals surface area contributed by atoms with Crippen LogP contribution >= 0.6 is 11.6 Å². The number of hydrogen-bond donors (Lipinski definition) is 1. The number of nitrogens with one attached hydrogen (secondary N) is 1. The fraction of sp³-hybridized carbons (Fsp3) is 0.200. The number of methoxy groups -OCH3 is 1. The van der Waals surface area contributed by atoms with Crippen LogP contribution in [0.15, 0.2) is 72.8 Å². The summed E-state index contributed by atoms with van der Waals surface area (Å²) in [5.74, 6) is 1.76. The Hall–Kier alpha value is -3.31. The molecule has 4 aromatic rings. The standard InChI is InChI=1S/C25H24ClN3O2/c1-31-23-10-5-2-7-19(23)17-29-22-9-4-3-8-21(22)28-24(29)11-6-16-27-25(30)18-12-14-20(26)15-13-18/h2-5,7-10,12-15H,6,11,16-17H2,1H3,(H,27,30). The van der Waals surface area contributed by atoms with Gasteiger partial charge in [-0.2, -0.15) is 0 Å². The van der Waals surface area contributed by atoms with Crippen LogP contribution in [-0.2, 0) is 13.0 Å². The predicted molar refractivity (Wildman–Crippen MR) is 124 cm³/mol. The third kappa shape index (κ3) is 4.89. The Kier molecular flexibility index (Phi) is 6.53. The van der Waals surface area contributed by atoms with Gasteiger partial charge < -0.3 is 14.6 Å². The molecule has 6 heteroatoms. The van der Waals surface area contributed by atoms with Gasteiger partial charge >= 0.3 is 0 Å². The van der Waals surface area contributed by atoms with Crippen molar-refractivity contribution in [3.63, 3.8) is 0 Å². The lowest BCUT2D eigenvalue weighted by atomic mass is 10.2. The number of nitrogens with zero attached hydrogens (tertiary/aromatic N) is 2. The molecule has 31 heavy (non-hydrogen) atoms. The van der Waals surface area contributed by atoms with E-state index in [2.05, 4.69) is 22.0 Å². The topological polar surface area (TPSA) is 56.1 Å². The molecule has 1 aromatic heterocycles. The minimum absolute atomic E-state index is 0.0980. The number of halogens is 1. The summed E-state index contributed by atoms with van der Waals surface area (Å²) < 4.78 is 7.76. The molecule has 0 aliphatic rings. The molecule has 0 aliphatic heterocycles. The molecule has 0 spiro atoms. The highest BCUT2D eigenvalue weighted by molar-refractivity contribution is 6.30. The molecular weight excluding hydrogens is 410 g/mol. The first-order chi connectivity index (χ1) is 15.2. The molecule has 4 rings (SSSR count). The van der Waals surface area contributed by atoms with Gasteiger partial charge in [0.15, 0.2) is 0 Å². The molecule has 0 radical (unpaired) electrons. The monoisotopic (exact) mass is 433 g/mol. The van der Waals surface area contributed by atoms with E-state index in [-0.39, 0.29) is 5.91 Å². The molecule has 158 valence electrons. The average Bonchev–Trinajstić information content (AvgIpc) is 3.14. The van der Waals surface area contributed by atoms with Crippen LogP contribution in [0.25, 0.3) is 11.0 Å². The van der Waals surface area contributed by atoms with Crippen LogP contribution in [0.2, 0.25) is 5.02 Å². The Labute approximate surface area is 186 Å². The second-order valence-corrected chi connectivity index (χ2v) is 7.72. The zero-order chi connectivity index (χ0) is 21.6. The minimum Gasteiger partial charge on any atom is -0.496 e. The molecule has 0 saturated carbocycles. The van der Waals surface area contributed by atoms with Crippen molar-refractivity contribution in [3.8, 4) is 5.75 Å². The first-order valence-electron chi connectivity index (χ1n) is 10.3. The van der Waals surface area contributed by atoms with Crippen LogP contribution in [-0.4, -0.2) is 29.1 Å². The number of aromatic nitrogens is 2. The van der Waals surface area contributed by atoms with Crippen LogP contribution in [0.1, 0.15) is 28.2 Å². The molecule has 0 bridgehead atoms. The molecule has 1 amide bonds. The third-order valence-corrected chi connectivity index (χ3v) is 5.48. The van der Waals surface area contributed by atoms with Gasteiger partial charge in [-0.1, -0.05) is 41.9 Å². The highest BCUT2D eigenvalue weighted by Crippen LogP contribution is 2.23. The largest absolute Gasteiger partial charge is 0.496 e. The highest BCUT2D eigenvalue weighted by Gasteiger charge is 2.13. The summed E-state index contributed by atoms with van der Waals surface area (Å²) in [5.41, 5.74) is 3.77. The van der Waals surface area contributed by atoms with Crippen molar-refractivity contribution < 1.29 is 9.53 Å². The molecular formula is C25H24ClN3O2. The smallest absolute Gasteiger partial charge is 0.251 e. The van der Waals surface area contributed by atoms with Gasteiger partial charge in [0, 0.05) is 29.1 Å². The predicted octanol–water partition coefficient (Wildman–Crippen LogP) is 5.11. The lowest BCUT2D eigenvalue weighted by molar-refractivity contribution is 0.0953. The summed E-state index contributed by atoms with van der Waals surface area (Å²) in [6, 6.07) is 23.1. The van der Waals surface area contributed by atoms with E-state index in [9.17, 15) is 4.79 Å². The maximum absolute atomic E-state index is 12.3.